The molecule has 0 spiro atoms. The molecule has 29 heavy (non-hydrogen) atoms. The van der Waals surface area contributed by atoms with Gasteiger partial charge in [-0.1, -0.05) is 74.3 Å². The lowest BCUT2D eigenvalue weighted by Gasteiger charge is -2.20. The molecule has 0 aliphatic carbocycles. The average molecular weight is 422 g/mol. The van der Waals surface area contributed by atoms with E-state index in [4.69, 9.17) is 38.9 Å². The lowest BCUT2D eigenvalue weighted by molar-refractivity contribution is 0.572. The second kappa shape index (κ2) is 7.33. The van der Waals surface area contributed by atoms with Gasteiger partial charge in [-0.15, -0.1) is 0 Å². The van der Waals surface area contributed by atoms with Gasteiger partial charge in [-0.3, -0.25) is 4.98 Å². The molecule has 0 radical (unpaired) electrons. The molecule has 0 bridgehead atoms. The van der Waals surface area contributed by atoms with E-state index in [1.54, 1.807) is 0 Å². The van der Waals surface area contributed by atoms with E-state index in [1.165, 1.54) is 0 Å². The maximum atomic E-state index is 6.54. The summed E-state index contributed by atoms with van der Waals surface area (Å²) in [4.78, 5) is 9.79. The summed E-state index contributed by atoms with van der Waals surface area (Å²) in [5, 5.41) is 1.33. The Morgan fingerprint density at radius 2 is 1.52 bits per heavy atom. The number of fused-ring (bicyclic) bond motifs is 1. The van der Waals surface area contributed by atoms with Crippen molar-refractivity contribution in [2.75, 3.05) is 5.73 Å². The Hall–Kier alpha value is -2.62. The van der Waals surface area contributed by atoms with Crippen LogP contribution in [-0.2, 0) is 5.41 Å². The minimum absolute atomic E-state index is 0.123. The van der Waals surface area contributed by atoms with Gasteiger partial charge in [0.2, 0.25) is 0 Å². The minimum atomic E-state index is -0.123. The van der Waals surface area contributed by atoms with Crippen molar-refractivity contribution in [3.63, 3.8) is 0 Å². The quantitative estimate of drug-likeness (QED) is 0.373. The standard InChI is InChI=1S/C24H21Cl2N3/c1-24(2,3)21-13-19(27)23-20(28-21)12-17(16-6-4-5-7-18(16)26)22(29-23)14-8-10-15(25)11-9-14/h4-13H,1-3H3,(H2,27,28). The average Bonchev–Trinajstić information content (AvgIpc) is 2.67. The normalized spacial score (nSPS) is 11.8. The van der Waals surface area contributed by atoms with Crippen LogP contribution in [0.3, 0.4) is 0 Å². The summed E-state index contributed by atoms with van der Waals surface area (Å²) in [6.45, 7) is 6.35. The van der Waals surface area contributed by atoms with Crippen LogP contribution < -0.4 is 5.73 Å². The van der Waals surface area contributed by atoms with Crippen LogP contribution in [-0.4, -0.2) is 9.97 Å². The van der Waals surface area contributed by atoms with Crippen LogP contribution >= 0.6 is 23.2 Å². The molecule has 0 aliphatic heterocycles. The topological polar surface area (TPSA) is 51.8 Å². The molecule has 0 saturated heterocycles. The van der Waals surface area contributed by atoms with Crippen molar-refractivity contribution in [3.8, 4) is 22.4 Å². The Morgan fingerprint density at radius 3 is 2.17 bits per heavy atom. The SMILES string of the molecule is CC(C)(C)c1cc(N)c2nc(-c3ccc(Cl)cc3)c(-c3ccccc3Cl)cc2n1. The molecule has 146 valence electrons. The molecule has 0 amide bonds. The van der Waals surface area contributed by atoms with Crippen molar-refractivity contribution in [1.29, 1.82) is 0 Å². The molecule has 0 saturated carbocycles. The van der Waals surface area contributed by atoms with Crippen molar-refractivity contribution >= 4 is 39.9 Å². The summed E-state index contributed by atoms with van der Waals surface area (Å²) in [5.74, 6) is 0. The van der Waals surface area contributed by atoms with Crippen molar-refractivity contribution < 1.29 is 0 Å². The largest absolute Gasteiger partial charge is 0.397 e. The third-order valence-corrected chi connectivity index (χ3v) is 5.44. The molecule has 0 atom stereocenters. The summed E-state index contributed by atoms with van der Waals surface area (Å²) in [5.41, 5.74) is 12.8. The maximum absolute atomic E-state index is 6.54. The second-order valence-electron chi connectivity index (χ2n) is 8.09. The maximum Gasteiger partial charge on any atom is 0.112 e. The monoisotopic (exact) mass is 421 g/mol. The first-order chi connectivity index (χ1) is 13.7. The van der Waals surface area contributed by atoms with Crippen molar-refractivity contribution in [2.45, 2.75) is 26.2 Å². The van der Waals surface area contributed by atoms with Crippen LogP contribution in [0.5, 0.6) is 0 Å². The van der Waals surface area contributed by atoms with Gasteiger partial charge in [0.1, 0.15) is 5.52 Å². The number of anilines is 1. The van der Waals surface area contributed by atoms with Crippen molar-refractivity contribution in [1.82, 2.24) is 9.97 Å². The number of nitrogens with zero attached hydrogens (tertiary/aromatic N) is 2. The van der Waals surface area contributed by atoms with Crippen LogP contribution in [0, 0.1) is 0 Å². The van der Waals surface area contributed by atoms with E-state index in [0.29, 0.717) is 21.2 Å². The fraction of sp³-hybridized carbons (Fsp3) is 0.167. The Morgan fingerprint density at radius 1 is 0.828 bits per heavy atom. The first kappa shape index (κ1) is 19.7. The van der Waals surface area contributed by atoms with Gasteiger partial charge < -0.3 is 5.73 Å². The van der Waals surface area contributed by atoms with E-state index in [0.717, 1.165) is 33.6 Å². The fourth-order valence-corrected chi connectivity index (χ4v) is 3.64. The molecule has 0 aliphatic rings. The number of nitrogen functional groups attached to an aromatic ring is 1. The summed E-state index contributed by atoms with van der Waals surface area (Å²) in [6.07, 6.45) is 0. The zero-order chi connectivity index (χ0) is 20.8. The van der Waals surface area contributed by atoms with Crippen LogP contribution in [0.4, 0.5) is 5.69 Å². The van der Waals surface area contributed by atoms with Crippen molar-refractivity contribution in [3.05, 3.63) is 76.4 Å². The number of nitrogens with two attached hydrogens (primary N) is 1. The van der Waals surface area contributed by atoms with Gasteiger partial charge >= 0.3 is 0 Å². The third-order valence-electron chi connectivity index (χ3n) is 4.86. The number of benzene rings is 2. The highest BCUT2D eigenvalue weighted by Gasteiger charge is 2.20. The number of hydrogen-bond donors (Lipinski definition) is 1. The molecule has 2 aromatic heterocycles. The molecule has 0 unspecified atom stereocenters. The number of pyridine rings is 2. The lowest BCUT2D eigenvalue weighted by Crippen LogP contribution is -2.14. The molecule has 2 aromatic carbocycles. The van der Waals surface area contributed by atoms with Gasteiger partial charge in [0.05, 0.1) is 16.9 Å². The third kappa shape index (κ3) is 3.81. The van der Waals surface area contributed by atoms with E-state index in [-0.39, 0.29) is 5.41 Å². The molecule has 0 fully saturated rings. The van der Waals surface area contributed by atoms with E-state index in [1.807, 2.05) is 60.7 Å². The first-order valence-electron chi connectivity index (χ1n) is 9.36. The van der Waals surface area contributed by atoms with Crippen LogP contribution in [0.2, 0.25) is 10.0 Å². The van der Waals surface area contributed by atoms with E-state index in [2.05, 4.69) is 20.8 Å². The van der Waals surface area contributed by atoms with Crippen molar-refractivity contribution in [2.24, 2.45) is 0 Å². The molecule has 4 aromatic rings. The van der Waals surface area contributed by atoms with Gasteiger partial charge in [-0.05, 0) is 30.3 Å². The lowest BCUT2D eigenvalue weighted by atomic mass is 9.91. The van der Waals surface area contributed by atoms with E-state index in [9.17, 15) is 0 Å². The van der Waals surface area contributed by atoms with Gasteiger partial charge in [-0.25, -0.2) is 4.98 Å². The molecule has 5 heteroatoms. The number of aromatic nitrogens is 2. The van der Waals surface area contributed by atoms with Gasteiger partial charge in [0.25, 0.3) is 0 Å². The summed E-state index contributed by atoms with van der Waals surface area (Å²) < 4.78 is 0. The highest BCUT2D eigenvalue weighted by molar-refractivity contribution is 6.33. The summed E-state index contributed by atoms with van der Waals surface area (Å²) >= 11 is 12.6. The predicted octanol–water partition coefficient (Wildman–Crippen LogP) is 7.15. The fourth-order valence-electron chi connectivity index (χ4n) is 3.28. The van der Waals surface area contributed by atoms with Gasteiger partial charge in [0, 0.05) is 37.8 Å². The number of halogens is 2. The Labute approximate surface area is 180 Å². The first-order valence-corrected chi connectivity index (χ1v) is 10.1. The Balaban J connectivity index is 2.07. The highest BCUT2D eigenvalue weighted by Crippen LogP contribution is 2.38. The van der Waals surface area contributed by atoms with Crippen LogP contribution in [0.25, 0.3) is 33.4 Å². The van der Waals surface area contributed by atoms with Gasteiger partial charge in [-0.2, -0.15) is 0 Å². The number of rotatable bonds is 2. The summed E-state index contributed by atoms with van der Waals surface area (Å²) in [7, 11) is 0. The summed E-state index contributed by atoms with van der Waals surface area (Å²) in [6, 6.07) is 19.3. The second-order valence-corrected chi connectivity index (χ2v) is 8.93. The van der Waals surface area contributed by atoms with E-state index < -0.39 is 0 Å². The van der Waals surface area contributed by atoms with Crippen LogP contribution in [0.1, 0.15) is 26.5 Å². The smallest absolute Gasteiger partial charge is 0.112 e. The van der Waals surface area contributed by atoms with E-state index >= 15 is 0 Å². The molecular formula is C24H21Cl2N3. The Kier molecular flexibility index (Phi) is 4.97. The molecule has 2 N–H and O–H groups in total. The molecule has 2 heterocycles. The molecular weight excluding hydrogens is 401 g/mol. The van der Waals surface area contributed by atoms with Crippen LogP contribution in [0.15, 0.2) is 60.7 Å². The number of hydrogen-bond acceptors (Lipinski definition) is 3. The predicted molar refractivity (Wildman–Crippen MR) is 124 cm³/mol. The Bertz CT molecular complexity index is 1210. The zero-order valence-corrected chi connectivity index (χ0v) is 18.0. The highest BCUT2D eigenvalue weighted by atomic mass is 35.5. The zero-order valence-electron chi connectivity index (χ0n) is 16.5. The van der Waals surface area contributed by atoms with Gasteiger partial charge in [0.15, 0.2) is 0 Å². The molecule has 4 rings (SSSR count). The molecule has 3 nitrogen and oxygen atoms in total. The minimum Gasteiger partial charge on any atom is -0.397 e.